The fourth-order valence-corrected chi connectivity index (χ4v) is 7.96. The summed E-state index contributed by atoms with van der Waals surface area (Å²) in [6, 6.07) is 9.78. The van der Waals surface area contributed by atoms with Crippen LogP contribution in [0.15, 0.2) is 24.3 Å². The molecule has 7 atom stereocenters. The third kappa shape index (κ3) is 1.37. The van der Waals surface area contributed by atoms with Gasteiger partial charge in [-0.15, -0.1) is 0 Å². The van der Waals surface area contributed by atoms with Crippen molar-refractivity contribution in [1.29, 1.82) is 0 Å². The molecule has 4 saturated heterocycles. The van der Waals surface area contributed by atoms with E-state index in [1.54, 1.807) is 0 Å². The van der Waals surface area contributed by atoms with Crippen LogP contribution in [0.2, 0.25) is 0 Å². The van der Waals surface area contributed by atoms with Crippen LogP contribution >= 0.6 is 0 Å². The molecule has 0 radical (unpaired) electrons. The van der Waals surface area contributed by atoms with Crippen LogP contribution in [0.25, 0.3) is 0 Å². The monoisotopic (exact) mass is 336 g/mol. The standard InChI is InChI=1S/C21H24N2O2/c24-18-10-16-19-13-9-17-21(6-7-22(17)11-12(13)5-8-25-16)14-3-1-2-4-15(14)23(18)20(19)21/h1-4,12-13,16-17,19-20H,5-11H2/t12-,13+,16-,17+,19+,20+,21-/m0/s1. The Labute approximate surface area is 148 Å². The van der Waals surface area contributed by atoms with Crippen molar-refractivity contribution in [2.24, 2.45) is 17.8 Å². The summed E-state index contributed by atoms with van der Waals surface area (Å²) in [5, 5.41) is 0. The van der Waals surface area contributed by atoms with Crippen LogP contribution in [0.4, 0.5) is 5.69 Å². The van der Waals surface area contributed by atoms with E-state index in [1.165, 1.54) is 43.6 Å². The molecule has 1 spiro atoms. The van der Waals surface area contributed by atoms with Gasteiger partial charge in [-0.2, -0.15) is 0 Å². The zero-order chi connectivity index (χ0) is 16.3. The molecule has 4 nitrogen and oxygen atoms in total. The number of piperidine rings is 2. The molecule has 0 aromatic heterocycles. The van der Waals surface area contributed by atoms with E-state index in [4.69, 9.17) is 4.74 Å². The third-order valence-corrected chi connectivity index (χ3v) is 8.64. The first-order valence-electron chi connectivity index (χ1n) is 10.1. The molecule has 5 heterocycles. The maximum Gasteiger partial charge on any atom is 0.229 e. The Morgan fingerprint density at radius 2 is 2.16 bits per heavy atom. The van der Waals surface area contributed by atoms with Gasteiger partial charge < -0.3 is 9.64 Å². The molecule has 25 heavy (non-hydrogen) atoms. The average Bonchev–Trinajstić information content (AvgIpc) is 3.10. The predicted molar refractivity (Wildman–Crippen MR) is 93.4 cm³/mol. The van der Waals surface area contributed by atoms with E-state index in [0.717, 1.165) is 18.4 Å². The van der Waals surface area contributed by atoms with E-state index in [0.29, 0.717) is 30.3 Å². The number of hydrogen-bond acceptors (Lipinski definition) is 3. The van der Waals surface area contributed by atoms with Gasteiger partial charge in [0.2, 0.25) is 5.91 Å². The van der Waals surface area contributed by atoms with Crippen molar-refractivity contribution in [1.82, 2.24) is 4.90 Å². The molecule has 2 bridgehead atoms. The molecule has 1 aromatic carbocycles. The molecule has 4 heteroatoms. The Bertz CT molecular complexity index is 794. The van der Waals surface area contributed by atoms with Gasteiger partial charge in [0.1, 0.15) is 0 Å². The number of fused-ring (bicyclic) bond motifs is 2. The summed E-state index contributed by atoms with van der Waals surface area (Å²) in [6.07, 6.45) is 4.46. The smallest absolute Gasteiger partial charge is 0.229 e. The van der Waals surface area contributed by atoms with Crippen molar-refractivity contribution in [3.63, 3.8) is 0 Å². The second-order valence-electron chi connectivity index (χ2n) is 9.17. The first kappa shape index (κ1) is 13.8. The highest BCUT2D eigenvalue weighted by Crippen LogP contribution is 2.66. The lowest BCUT2D eigenvalue weighted by Crippen LogP contribution is -2.70. The van der Waals surface area contributed by atoms with Crippen LogP contribution < -0.4 is 4.90 Å². The minimum atomic E-state index is 0.156. The third-order valence-electron chi connectivity index (χ3n) is 8.64. The number of nitrogens with zero attached hydrogens (tertiary/aromatic N) is 2. The molecule has 0 unspecified atom stereocenters. The number of ether oxygens (including phenoxy) is 1. The number of carbonyl (C=O) groups is 1. The van der Waals surface area contributed by atoms with E-state index in [9.17, 15) is 4.79 Å². The lowest BCUT2D eigenvalue weighted by Gasteiger charge is -2.59. The van der Waals surface area contributed by atoms with E-state index >= 15 is 0 Å². The Balaban J connectivity index is 1.53. The summed E-state index contributed by atoms with van der Waals surface area (Å²) in [7, 11) is 0. The Kier molecular flexibility index (Phi) is 2.36. The fourth-order valence-electron chi connectivity index (χ4n) is 7.96. The molecule has 0 N–H and O–H groups in total. The number of hydrogen-bond donors (Lipinski definition) is 0. The summed E-state index contributed by atoms with van der Waals surface area (Å²) in [5.41, 5.74) is 2.83. The minimum absolute atomic E-state index is 0.156. The SMILES string of the molecule is O=C1C[C@@H]2OCC[C@H]3CN4CC[C@@]56c7ccccc7N1[C@@H]5[C@@H]2[C@@H]3C[C@@H]46. The maximum atomic E-state index is 13.2. The zero-order valence-electron chi connectivity index (χ0n) is 14.4. The lowest BCUT2D eigenvalue weighted by atomic mass is 9.52. The lowest BCUT2D eigenvalue weighted by molar-refractivity contribution is -0.134. The Morgan fingerprint density at radius 1 is 1.24 bits per heavy atom. The van der Waals surface area contributed by atoms with Crippen LogP contribution in [0.3, 0.4) is 0 Å². The molecule has 1 amide bonds. The largest absolute Gasteiger partial charge is 0.377 e. The van der Waals surface area contributed by atoms with Crippen molar-refractivity contribution in [2.75, 3.05) is 24.6 Å². The molecule has 130 valence electrons. The van der Waals surface area contributed by atoms with Crippen LogP contribution in [0.5, 0.6) is 0 Å². The highest BCUT2D eigenvalue weighted by atomic mass is 16.5. The summed E-state index contributed by atoms with van der Waals surface area (Å²) < 4.78 is 6.33. The van der Waals surface area contributed by atoms with E-state index in [1.807, 2.05) is 0 Å². The predicted octanol–water partition coefficient (Wildman–Crippen LogP) is 2.17. The summed E-state index contributed by atoms with van der Waals surface area (Å²) in [4.78, 5) is 18.2. The number of anilines is 1. The normalized spacial score (nSPS) is 49.1. The molecule has 7 rings (SSSR count). The molecule has 5 fully saturated rings. The number of benzene rings is 1. The van der Waals surface area contributed by atoms with Crippen molar-refractivity contribution >= 4 is 11.6 Å². The summed E-state index contributed by atoms with van der Waals surface area (Å²) in [6.45, 7) is 3.31. The van der Waals surface area contributed by atoms with Crippen molar-refractivity contribution in [3.05, 3.63) is 29.8 Å². The van der Waals surface area contributed by atoms with E-state index in [2.05, 4.69) is 34.1 Å². The van der Waals surface area contributed by atoms with Crippen molar-refractivity contribution in [2.45, 2.75) is 49.3 Å². The van der Waals surface area contributed by atoms with E-state index in [-0.39, 0.29) is 11.5 Å². The Hall–Kier alpha value is -1.39. The molecule has 5 aliphatic heterocycles. The van der Waals surface area contributed by atoms with Gasteiger partial charge in [-0.1, -0.05) is 18.2 Å². The molecular formula is C21H24N2O2. The quantitative estimate of drug-likeness (QED) is 0.728. The van der Waals surface area contributed by atoms with Gasteiger partial charge >= 0.3 is 0 Å². The van der Waals surface area contributed by atoms with E-state index < -0.39 is 0 Å². The van der Waals surface area contributed by atoms with Gasteiger partial charge in [0.05, 0.1) is 18.6 Å². The summed E-state index contributed by atoms with van der Waals surface area (Å²) in [5.74, 6) is 2.34. The van der Waals surface area contributed by atoms with Crippen LogP contribution in [-0.4, -0.2) is 48.7 Å². The Morgan fingerprint density at radius 3 is 3.12 bits per heavy atom. The highest BCUT2D eigenvalue weighted by molar-refractivity contribution is 5.99. The van der Waals surface area contributed by atoms with Gasteiger partial charge in [-0.05, 0) is 49.3 Å². The number of carbonyl (C=O) groups excluding carboxylic acids is 1. The number of amides is 1. The molecular weight excluding hydrogens is 312 g/mol. The fraction of sp³-hybridized carbons (Fsp3) is 0.667. The molecule has 6 aliphatic rings. The topological polar surface area (TPSA) is 32.8 Å². The zero-order valence-corrected chi connectivity index (χ0v) is 14.4. The second kappa shape index (κ2) is 4.29. The number of rotatable bonds is 0. The van der Waals surface area contributed by atoms with Crippen molar-refractivity contribution in [3.8, 4) is 0 Å². The average molecular weight is 336 g/mol. The molecule has 1 aliphatic carbocycles. The summed E-state index contributed by atoms with van der Waals surface area (Å²) >= 11 is 0. The molecule has 1 saturated carbocycles. The van der Waals surface area contributed by atoms with Gasteiger partial charge in [0, 0.05) is 36.2 Å². The minimum Gasteiger partial charge on any atom is -0.377 e. The van der Waals surface area contributed by atoms with Gasteiger partial charge in [0.15, 0.2) is 0 Å². The van der Waals surface area contributed by atoms with Crippen LogP contribution in [-0.2, 0) is 14.9 Å². The van der Waals surface area contributed by atoms with Crippen molar-refractivity contribution < 1.29 is 9.53 Å². The number of para-hydroxylation sites is 1. The van der Waals surface area contributed by atoms with Gasteiger partial charge in [0.25, 0.3) is 0 Å². The second-order valence-corrected chi connectivity index (χ2v) is 9.17. The highest BCUT2D eigenvalue weighted by Gasteiger charge is 2.71. The molecule has 1 aromatic rings. The van der Waals surface area contributed by atoms with Gasteiger partial charge in [-0.3, -0.25) is 9.69 Å². The first-order chi connectivity index (χ1) is 12.3. The maximum absolute atomic E-state index is 13.2. The van der Waals surface area contributed by atoms with Crippen LogP contribution in [0.1, 0.15) is 31.2 Å². The van der Waals surface area contributed by atoms with Crippen LogP contribution in [0, 0.1) is 17.8 Å². The van der Waals surface area contributed by atoms with Gasteiger partial charge in [-0.25, -0.2) is 0 Å². The first-order valence-corrected chi connectivity index (χ1v) is 10.1.